The van der Waals surface area contributed by atoms with E-state index in [1.54, 1.807) is 13.2 Å². The Balaban J connectivity index is 3.60. The Labute approximate surface area is 109 Å². The van der Waals surface area contributed by atoms with Crippen molar-refractivity contribution in [1.82, 2.24) is 0 Å². The Bertz CT molecular complexity index is 431. The van der Waals surface area contributed by atoms with E-state index in [1.807, 2.05) is 26.8 Å². The van der Waals surface area contributed by atoms with Crippen LogP contribution in [-0.2, 0) is 11.1 Å². The average molecular weight is 254 g/mol. The third kappa shape index (κ3) is 2.66. The number of halogens is 1. The summed E-state index contributed by atoms with van der Waals surface area (Å²) in [7, 11) is 1.54. The van der Waals surface area contributed by atoms with E-state index in [9.17, 15) is 9.50 Å². The molecular formula is C15H23FO2. The van der Waals surface area contributed by atoms with Gasteiger partial charge >= 0.3 is 0 Å². The van der Waals surface area contributed by atoms with Crippen LogP contribution in [0.3, 0.4) is 0 Å². The standard InChI is InChI=1S/C15H23FO2/c1-10-7-8-11(15(4,5)16)13(18-6)12(10)14(2,3)9-17/h7-8,17H,9H2,1-6H3. The topological polar surface area (TPSA) is 29.5 Å². The van der Waals surface area contributed by atoms with Crippen molar-refractivity contribution in [2.45, 2.75) is 45.7 Å². The molecule has 0 saturated heterocycles. The molecule has 0 aliphatic heterocycles. The molecule has 0 atom stereocenters. The first kappa shape index (κ1) is 15.0. The van der Waals surface area contributed by atoms with E-state index in [4.69, 9.17) is 4.74 Å². The molecule has 1 N–H and O–H groups in total. The van der Waals surface area contributed by atoms with Crippen LogP contribution >= 0.6 is 0 Å². The fourth-order valence-corrected chi connectivity index (χ4v) is 2.28. The predicted octanol–water partition coefficient (Wildman–Crippen LogP) is 3.48. The molecule has 1 aromatic rings. The van der Waals surface area contributed by atoms with Crippen LogP contribution < -0.4 is 4.74 Å². The summed E-state index contributed by atoms with van der Waals surface area (Å²) in [6, 6.07) is 3.64. The van der Waals surface area contributed by atoms with Crippen molar-refractivity contribution in [3.8, 4) is 5.75 Å². The quantitative estimate of drug-likeness (QED) is 0.891. The van der Waals surface area contributed by atoms with E-state index in [1.165, 1.54) is 13.8 Å². The number of alkyl halides is 1. The molecule has 0 aliphatic carbocycles. The fraction of sp³-hybridized carbons (Fsp3) is 0.600. The van der Waals surface area contributed by atoms with Crippen molar-refractivity contribution in [3.63, 3.8) is 0 Å². The van der Waals surface area contributed by atoms with Crippen LogP contribution in [0.4, 0.5) is 4.39 Å². The third-order valence-electron chi connectivity index (χ3n) is 3.28. The molecule has 0 spiro atoms. The maximum absolute atomic E-state index is 14.2. The van der Waals surface area contributed by atoms with Crippen LogP contribution in [0.2, 0.25) is 0 Å². The second kappa shape index (κ2) is 4.88. The maximum atomic E-state index is 14.2. The summed E-state index contributed by atoms with van der Waals surface area (Å²) in [5.41, 5.74) is 0.456. The number of aliphatic hydroxyl groups is 1. The highest BCUT2D eigenvalue weighted by Gasteiger charge is 2.32. The minimum Gasteiger partial charge on any atom is -0.496 e. The molecule has 0 heterocycles. The highest BCUT2D eigenvalue weighted by Crippen LogP contribution is 2.41. The van der Waals surface area contributed by atoms with Crippen LogP contribution in [0.5, 0.6) is 5.75 Å². The van der Waals surface area contributed by atoms with E-state index in [2.05, 4.69) is 0 Å². The van der Waals surface area contributed by atoms with Crippen molar-refractivity contribution in [2.24, 2.45) is 0 Å². The Morgan fingerprint density at radius 2 is 1.78 bits per heavy atom. The first-order chi connectivity index (χ1) is 8.15. The average Bonchev–Trinajstić information content (AvgIpc) is 2.26. The van der Waals surface area contributed by atoms with E-state index in [-0.39, 0.29) is 6.61 Å². The third-order valence-corrected chi connectivity index (χ3v) is 3.28. The van der Waals surface area contributed by atoms with Gasteiger partial charge in [-0.05, 0) is 26.3 Å². The first-order valence-electron chi connectivity index (χ1n) is 6.13. The molecule has 102 valence electrons. The molecule has 0 saturated carbocycles. The smallest absolute Gasteiger partial charge is 0.134 e. The number of hydrogen-bond donors (Lipinski definition) is 1. The first-order valence-corrected chi connectivity index (χ1v) is 6.13. The summed E-state index contributed by atoms with van der Waals surface area (Å²) in [4.78, 5) is 0. The van der Waals surface area contributed by atoms with Gasteiger partial charge < -0.3 is 9.84 Å². The van der Waals surface area contributed by atoms with Crippen molar-refractivity contribution < 1.29 is 14.2 Å². The monoisotopic (exact) mass is 254 g/mol. The molecule has 0 bridgehead atoms. The van der Waals surface area contributed by atoms with Crippen molar-refractivity contribution in [3.05, 3.63) is 28.8 Å². The molecule has 18 heavy (non-hydrogen) atoms. The van der Waals surface area contributed by atoms with Crippen molar-refractivity contribution >= 4 is 0 Å². The SMILES string of the molecule is COc1c(C(C)(C)F)ccc(C)c1C(C)(C)CO. The maximum Gasteiger partial charge on any atom is 0.134 e. The summed E-state index contributed by atoms with van der Waals surface area (Å²) >= 11 is 0. The van der Waals surface area contributed by atoms with Gasteiger partial charge in [0, 0.05) is 16.5 Å². The lowest BCUT2D eigenvalue weighted by Crippen LogP contribution is -2.26. The molecule has 1 rings (SSSR count). The van der Waals surface area contributed by atoms with Gasteiger partial charge in [0.2, 0.25) is 0 Å². The van der Waals surface area contributed by atoms with Gasteiger partial charge in [-0.1, -0.05) is 26.0 Å². The highest BCUT2D eigenvalue weighted by atomic mass is 19.1. The Morgan fingerprint density at radius 1 is 1.22 bits per heavy atom. The number of aryl methyl sites for hydroxylation is 1. The minimum atomic E-state index is -1.47. The molecule has 0 unspecified atom stereocenters. The number of methoxy groups -OCH3 is 1. The van der Waals surface area contributed by atoms with Crippen LogP contribution in [0, 0.1) is 6.92 Å². The van der Waals surface area contributed by atoms with Gasteiger partial charge in [-0.25, -0.2) is 4.39 Å². The highest BCUT2D eigenvalue weighted by molar-refractivity contribution is 5.51. The van der Waals surface area contributed by atoms with Crippen LogP contribution in [0.25, 0.3) is 0 Å². The zero-order chi connectivity index (χ0) is 14.1. The van der Waals surface area contributed by atoms with Crippen LogP contribution in [0.15, 0.2) is 12.1 Å². The summed E-state index contributed by atoms with van der Waals surface area (Å²) in [5.74, 6) is 0.543. The van der Waals surface area contributed by atoms with Gasteiger partial charge in [0.25, 0.3) is 0 Å². The molecule has 0 aliphatic rings. The van der Waals surface area contributed by atoms with Gasteiger partial charge in [-0.3, -0.25) is 0 Å². The lowest BCUT2D eigenvalue weighted by Gasteiger charge is -2.30. The second-order valence-corrected chi connectivity index (χ2v) is 5.85. The molecule has 0 aromatic heterocycles. The Hall–Kier alpha value is -1.09. The van der Waals surface area contributed by atoms with Crippen molar-refractivity contribution in [2.75, 3.05) is 13.7 Å². The molecule has 3 heteroatoms. The molecule has 2 nitrogen and oxygen atoms in total. The fourth-order valence-electron chi connectivity index (χ4n) is 2.28. The summed E-state index contributed by atoms with van der Waals surface area (Å²) < 4.78 is 19.7. The lowest BCUT2D eigenvalue weighted by molar-refractivity contribution is 0.202. The molecular weight excluding hydrogens is 231 g/mol. The van der Waals surface area contributed by atoms with E-state index in [0.29, 0.717) is 11.3 Å². The number of hydrogen-bond acceptors (Lipinski definition) is 2. The molecule has 0 fully saturated rings. The van der Waals surface area contributed by atoms with E-state index < -0.39 is 11.1 Å². The van der Waals surface area contributed by atoms with Crippen LogP contribution in [0.1, 0.15) is 44.4 Å². The van der Waals surface area contributed by atoms with Gasteiger partial charge in [0.15, 0.2) is 0 Å². The van der Waals surface area contributed by atoms with E-state index >= 15 is 0 Å². The summed E-state index contributed by atoms with van der Waals surface area (Å²) in [6.07, 6.45) is 0. The van der Waals surface area contributed by atoms with Crippen LogP contribution in [-0.4, -0.2) is 18.8 Å². The number of ether oxygens (including phenoxy) is 1. The van der Waals surface area contributed by atoms with Gasteiger partial charge in [0.05, 0.1) is 13.7 Å². The minimum absolute atomic E-state index is 0.0135. The lowest BCUT2D eigenvalue weighted by atomic mass is 9.79. The number of aliphatic hydroxyl groups excluding tert-OH is 1. The van der Waals surface area contributed by atoms with Gasteiger partial charge in [0.1, 0.15) is 11.4 Å². The largest absolute Gasteiger partial charge is 0.496 e. The Morgan fingerprint density at radius 3 is 2.17 bits per heavy atom. The Kier molecular flexibility index (Phi) is 4.06. The summed E-state index contributed by atoms with van der Waals surface area (Å²) in [6.45, 7) is 8.80. The molecule has 0 amide bonds. The van der Waals surface area contributed by atoms with E-state index in [0.717, 1.165) is 11.1 Å². The normalized spacial score (nSPS) is 12.7. The van der Waals surface area contributed by atoms with Gasteiger partial charge in [-0.15, -0.1) is 0 Å². The van der Waals surface area contributed by atoms with Crippen molar-refractivity contribution in [1.29, 1.82) is 0 Å². The second-order valence-electron chi connectivity index (χ2n) is 5.85. The zero-order valence-electron chi connectivity index (χ0n) is 12.1. The number of rotatable bonds is 4. The molecule has 1 aromatic carbocycles. The number of benzene rings is 1. The summed E-state index contributed by atoms with van der Waals surface area (Å²) in [5, 5.41) is 9.54. The molecule has 0 radical (unpaired) electrons. The zero-order valence-corrected chi connectivity index (χ0v) is 12.1. The predicted molar refractivity (Wildman–Crippen MR) is 72.0 cm³/mol. The van der Waals surface area contributed by atoms with Gasteiger partial charge in [-0.2, -0.15) is 0 Å².